The number of aliphatic carboxylic acids is 1. The van der Waals surface area contributed by atoms with Crippen molar-refractivity contribution in [2.24, 2.45) is 11.8 Å². The average molecular weight is 146 g/mol. The Kier molecular flexibility index (Phi) is 1.46. The molecule has 10 heavy (non-hydrogen) atoms. The van der Waals surface area contributed by atoms with Gasteiger partial charge in [-0.1, -0.05) is 13.8 Å². The smallest absolute Gasteiger partial charge is 0.341 e. The first-order valence-electron chi connectivity index (χ1n) is 3.41. The lowest BCUT2D eigenvalue weighted by Gasteiger charge is -2.03. The maximum absolute atomic E-state index is 12.9. The maximum atomic E-state index is 12.9. The number of halogens is 1. The number of carboxylic acid groups (broad SMARTS) is 1. The molecule has 1 rings (SSSR count). The Morgan fingerprint density at radius 2 is 2.30 bits per heavy atom. The molecule has 0 radical (unpaired) electrons. The van der Waals surface area contributed by atoms with Gasteiger partial charge in [0.2, 0.25) is 5.67 Å². The summed E-state index contributed by atoms with van der Waals surface area (Å²) in [6.07, 6.45) is 0.194. The number of carbonyl (C=O) groups is 1. The zero-order chi connectivity index (χ0) is 7.94. The van der Waals surface area contributed by atoms with E-state index in [1.165, 1.54) is 0 Å². The van der Waals surface area contributed by atoms with Gasteiger partial charge in [-0.05, 0) is 12.3 Å². The van der Waals surface area contributed by atoms with Gasteiger partial charge in [-0.3, -0.25) is 0 Å². The zero-order valence-corrected chi connectivity index (χ0v) is 6.10. The number of carboxylic acids is 1. The van der Waals surface area contributed by atoms with Gasteiger partial charge in [0.05, 0.1) is 0 Å². The highest BCUT2D eigenvalue weighted by molar-refractivity contribution is 5.81. The van der Waals surface area contributed by atoms with Crippen molar-refractivity contribution in [1.82, 2.24) is 0 Å². The Balaban J connectivity index is 2.56. The Hall–Kier alpha value is -0.600. The van der Waals surface area contributed by atoms with E-state index in [0.717, 1.165) is 0 Å². The molecule has 1 N–H and O–H groups in total. The van der Waals surface area contributed by atoms with Crippen molar-refractivity contribution in [2.45, 2.75) is 25.9 Å². The summed E-state index contributed by atoms with van der Waals surface area (Å²) in [5.74, 6) is -1.42. The highest BCUT2D eigenvalue weighted by atomic mass is 19.1. The van der Waals surface area contributed by atoms with E-state index in [1.54, 1.807) is 0 Å². The molecule has 1 aliphatic rings. The van der Waals surface area contributed by atoms with Crippen molar-refractivity contribution >= 4 is 5.97 Å². The van der Waals surface area contributed by atoms with E-state index >= 15 is 0 Å². The first-order chi connectivity index (χ1) is 4.48. The third-order valence-electron chi connectivity index (χ3n) is 2.10. The van der Waals surface area contributed by atoms with Crippen molar-refractivity contribution < 1.29 is 14.3 Å². The van der Waals surface area contributed by atoms with Gasteiger partial charge in [0.1, 0.15) is 0 Å². The first kappa shape index (κ1) is 7.51. The summed E-state index contributed by atoms with van der Waals surface area (Å²) >= 11 is 0. The lowest BCUT2D eigenvalue weighted by molar-refractivity contribution is -0.145. The molecule has 1 fully saturated rings. The van der Waals surface area contributed by atoms with Gasteiger partial charge in [-0.25, -0.2) is 9.18 Å². The van der Waals surface area contributed by atoms with Crippen LogP contribution in [0.25, 0.3) is 0 Å². The number of rotatable bonds is 2. The second-order valence-electron chi connectivity index (χ2n) is 3.22. The predicted octanol–water partition coefficient (Wildman–Crippen LogP) is 1.46. The second-order valence-corrected chi connectivity index (χ2v) is 3.22. The topological polar surface area (TPSA) is 37.3 Å². The summed E-state index contributed by atoms with van der Waals surface area (Å²) in [6.45, 7) is 3.68. The number of alkyl halides is 1. The standard InChI is InChI=1S/C7H11FO2/c1-4(2)5-3-7(5,8)6(9)10/h4-5H,3H2,1-2H3,(H,9,10)/t5-,7-/m0/s1. The molecule has 0 heterocycles. The van der Waals surface area contributed by atoms with E-state index in [2.05, 4.69) is 0 Å². The molecule has 0 aromatic carbocycles. The lowest BCUT2D eigenvalue weighted by atomic mass is 10.1. The monoisotopic (exact) mass is 146 g/mol. The van der Waals surface area contributed by atoms with E-state index in [-0.39, 0.29) is 18.3 Å². The summed E-state index contributed by atoms with van der Waals surface area (Å²) in [5.41, 5.74) is -1.89. The van der Waals surface area contributed by atoms with Crippen molar-refractivity contribution in [1.29, 1.82) is 0 Å². The molecule has 1 saturated carbocycles. The van der Waals surface area contributed by atoms with E-state index in [1.807, 2.05) is 13.8 Å². The number of hydrogen-bond donors (Lipinski definition) is 1. The van der Waals surface area contributed by atoms with Crippen molar-refractivity contribution in [3.8, 4) is 0 Å². The van der Waals surface area contributed by atoms with Gasteiger partial charge in [0.25, 0.3) is 0 Å². The summed E-state index contributed by atoms with van der Waals surface area (Å²) in [4.78, 5) is 10.2. The highest BCUT2D eigenvalue weighted by Crippen LogP contribution is 2.51. The first-order valence-corrected chi connectivity index (χ1v) is 3.41. The van der Waals surface area contributed by atoms with Crippen LogP contribution in [0.5, 0.6) is 0 Å². The van der Waals surface area contributed by atoms with Crippen LogP contribution in [-0.4, -0.2) is 16.7 Å². The molecule has 2 atom stereocenters. The zero-order valence-electron chi connectivity index (χ0n) is 6.10. The Morgan fingerprint density at radius 1 is 1.80 bits per heavy atom. The van der Waals surface area contributed by atoms with Crippen LogP contribution in [0.1, 0.15) is 20.3 Å². The third-order valence-corrected chi connectivity index (χ3v) is 2.10. The quantitative estimate of drug-likeness (QED) is 0.640. The molecule has 0 aromatic rings. The Labute approximate surface area is 59.0 Å². The van der Waals surface area contributed by atoms with Gasteiger partial charge in [0, 0.05) is 5.92 Å². The van der Waals surface area contributed by atoms with Crippen molar-refractivity contribution in [3.63, 3.8) is 0 Å². The molecule has 0 unspecified atom stereocenters. The molecule has 0 spiro atoms. The minimum atomic E-state index is -1.89. The minimum absolute atomic E-state index is 0.140. The van der Waals surface area contributed by atoms with E-state index in [9.17, 15) is 9.18 Å². The summed E-state index contributed by atoms with van der Waals surface area (Å²) < 4.78 is 12.9. The van der Waals surface area contributed by atoms with Crippen LogP contribution in [0.3, 0.4) is 0 Å². The van der Waals surface area contributed by atoms with E-state index in [4.69, 9.17) is 5.11 Å². The number of hydrogen-bond acceptors (Lipinski definition) is 1. The fourth-order valence-corrected chi connectivity index (χ4v) is 1.27. The molecule has 0 amide bonds. The molecule has 0 saturated heterocycles. The predicted molar refractivity (Wildman–Crippen MR) is 34.4 cm³/mol. The average Bonchev–Trinajstić information content (AvgIpc) is 2.43. The molecule has 58 valence electrons. The third kappa shape index (κ3) is 0.895. The highest BCUT2D eigenvalue weighted by Gasteiger charge is 2.62. The molecule has 0 bridgehead atoms. The van der Waals surface area contributed by atoms with Crippen LogP contribution < -0.4 is 0 Å². The van der Waals surface area contributed by atoms with Gasteiger partial charge in [-0.15, -0.1) is 0 Å². The van der Waals surface area contributed by atoms with E-state index in [0.29, 0.717) is 0 Å². The fraction of sp³-hybridized carbons (Fsp3) is 0.857. The van der Waals surface area contributed by atoms with Gasteiger partial charge >= 0.3 is 5.97 Å². The lowest BCUT2D eigenvalue weighted by Crippen LogP contribution is -2.20. The van der Waals surface area contributed by atoms with Gasteiger partial charge in [-0.2, -0.15) is 0 Å². The van der Waals surface area contributed by atoms with Crippen LogP contribution in [0, 0.1) is 11.8 Å². The van der Waals surface area contributed by atoms with Crippen LogP contribution in [0.2, 0.25) is 0 Å². The largest absolute Gasteiger partial charge is 0.479 e. The molecular weight excluding hydrogens is 135 g/mol. The molecule has 0 aromatic heterocycles. The van der Waals surface area contributed by atoms with Crippen molar-refractivity contribution in [2.75, 3.05) is 0 Å². The van der Waals surface area contributed by atoms with Gasteiger partial charge < -0.3 is 5.11 Å². The summed E-state index contributed by atoms with van der Waals surface area (Å²) in [5, 5.41) is 8.36. The normalized spacial score (nSPS) is 38.2. The molecule has 0 aliphatic heterocycles. The van der Waals surface area contributed by atoms with Crippen LogP contribution in [0.4, 0.5) is 4.39 Å². The van der Waals surface area contributed by atoms with Crippen molar-refractivity contribution in [3.05, 3.63) is 0 Å². The Morgan fingerprint density at radius 3 is 2.40 bits per heavy atom. The van der Waals surface area contributed by atoms with Gasteiger partial charge in [0.15, 0.2) is 0 Å². The molecule has 1 aliphatic carbocycles. The maximum Gasteiger partial charge on any atom is 0.341 e. The fourth-order valence-electron chi connectivity index (χ4n) is 1.27. The van der Waals surface area contributed by atoms with Crippen LogP contribution in [-0.2, 0) is 4.79 Å². The minimum Gasteiger partial charge on any atom is -0.479 e. The second kappa shape index (κ2) is 1.94. The summed E-state index contributed by atoms with van der Waals surface area (Å²) in [7, 11) is 0. The molecule has 2 nitrogen and oxygen atoms in total. The van der Waals surface area contributed by atoms with E-state index < -0.39 is 11.6 Å². The summed E-state index contributed by atoms with van der Waals surface area (Å²) in [6, 6.07) is 0. The SMILES string of the molecule is CC(C)[C@@H]1C[C@@]1(F)C(=O)O. The molecular formula is C7H11FO2. The molecule has 3 heteroatoms. The van der Waals surface area contributed by atoms with Crippen LogP contribution in [0.15, 0.2) is 0 Å². The van der Waals surface area contributed by atoms with Crippen LogP contribution >= 0.6 is 0 Å². The Bertz CT molecular complexity index is 167.